The smallest absolute Gasteiger partial charge is 0.252 e. The zero-order valence-electron chi connectivity index (χ0n) is 48.1. The van der Waals surface area contributed by atoms with E-state index in [9.17, 15) is 0 Å². The molecule has 0 N–H and O–H groups in total. The molecule has 2 aliphatic heterocycles. The van der Waals surface area contributed by atoms with Crippen LogP contribution in [0.1, 0.15) is 105 Å². The molecule has 0 unspecified atom stereocenters. The first kappa shape index (κ1) is 51.5. The van der Waals surface area contributed by atoms with Gasteiger partial charge in [-0.05, 0) is 137 Å². The maximum atomic E-state index is 5.51. The minimum absolute atomic E-state index is 0.0188. The Morgan fingerprint density at radius 1 is 0.291 bits per heavy atom. The van der Waals surface area contributed by atoms with Gasteiger partial charge >= 0.3 is 0 Å². The molecule has 0 amide bonds. The minimum atomic E-state index is -0.140. The van der Waals surface area contributed by atoms with Crippen molar-refractivity contribution in [1.82, 2.24) is 9.97 Å². The van der Waals surface area contributed by atoms with Crippen LogP contribution in [0.25, 0.3) is 56.2 Å². The van der Waals surface area contributed by atoms with E-state index in [1.807, 2.05) is 0 Å². The average Bonchev–Trinajstić information content (AvgIpc) is 3.50. The highest BCUT2D eigenvalue weighted by Crippen LogP contribution is 2.48. The van der Waals surface area contributed by atoms with E-state index in [4.69, 9.17) is 9.97 Å². The largest absolute Gasteiger partial charge is 0.311 e. The molecule has 0 bridgehead atoms. The predicted molar refractivity (Wildman–Crippen MR) is 338 cm³/mol. The quantitative estimate of drug-likeness (QED) is 0.149. The van der Waals surface area contributed by atoms with E-state index in [1.165, 1.54) is 60.9 Å². The lowest BCUT2D eigenvalue weighted by atomic mass is 9.33. The molecule has 0 atom stereocenters. The number of rotatable bonds is 7. The molecule has 0 saturated heterocycles. The molecule has 0 spiro atoms. The van der Waals surface area contributed by atoms with E-state index in [0.29, 0.717) is 5.82 Å². The topological polar surface area (TPSA) is 32.3 Å². The summed E-state index contributed by atoms with van der Waals surface area (Å²) in [5.41, 5.74) is 25.3. The van der Waals surface area contributed by atoms with Gasteiger partial charge in [-0.1, -0.05) is 241 Å². The van der Waals surface area contributed by atoms with E-state index < -0.39 is 0 Å². The van der Waals surface area contributed by atoms with E-state index in [-0.39, 0.29) is 28.4 Å². The standard InChI is InChI=1S/C74H71BN4/c1-71(2,3)55-29-23-48(24-30-55)52-27-41-65-61(43-52)75-62-44-53(49-25-31-56(32-26-49)72(4,5)6)28-42-66(62)79(60-39-35-58(36-40-60)74(10,11)12)68-46-54(45-67(69(68)75)78(65)59-37-33-57(34-38-59)73(7,8)9)70-76-63(50-19-15-13-16-20-50)47-64(77-70)51-21-17-14-18-22-51/h13-47H,1-12H3. The highest BCUT2D eigenvalue weighted by Gasteiger charge is 2.44. The van der Waals surface area contributed by atoms with Gasteiger partial charge in [0.05, 0.1) is 11.4 Å². The second-order valence-electron chi connectivity index (χ2n) is 26.0. The monoisotopic (exact) mass is 1030 g/mol. The first-order chi connectivity index (χ1) is 37.7. The molecule has 0 fully saturated rings. The Bertz CT molecular complexity index is 3640. The first-order valence-electron chi connectivity index (χ1n) is 28.2. The van der Waals surface area contributed by atoms with Crippen LogP contribution in [0.5, 0.6) is 0 Å². The van der Waals surface area contributed by atoms with Crippen molar-refractivity contribution < 1.29 is 0 Å². The van der Waals surface area contributed by atoms with E-state index in [2.05, 4.69) is 305 Å². The normalized spacial score (nSPS) is 13.2. The summed E-state index contributed by atoms with van der Waals surface area (Å²) in [6, 6.07) is 79.3. The summed E-state index contributed by atoms with van der Waals surface area (Å²) in [5, 5.41) is 0. The molecule has 10 aromatic rings. The molecule has 390 valence electrons. The van der Waals surface area contributed by atoms with E-state index in [0.717, 1.165) is 62.2 Å². The van der Waals surface area contributed by atoms with Gasteiger partial charge in [-0.25, -0.2) is 9.97 Å². The van der Waals surface area contributed by atoms with Gasteiger partial charge in [0.1, 0.15) is 0 Å². The molecule has 2 aliphatic rings. The van der Waals surface area contributed by atoms with Crippen LogP contribution in [0, 0.1) is 0 Å². The third-order valence-electron chi connectivity index (χ3n) is 16.3. The van der Waals surface area contributed by atoms with Crippen molar-refractivity contribution in [3.63, 3.8) is 0 Å². The fourth-order valence-electron chi connectivity index (χ4n) is 11.7. The first-order valence-corrected chi connectivity index (χ1v) is 28.2. The van der Waals surface area contributed by atoms with Gasteiger partial charge in [-0.15, -0.1) is 0 Å². The lowest BCUT2D eigenvalue weighted by Gasteiger charge is -2.44. The van der Waals surface area contributed by atoms with Gasteiger partial charge in [-0.2, -0.15) is 0 Å². The SMILES string of the molecule is CC(C)(C)c1ccc(-c2ccc3c(c2)B2c4cc(-c5ccc(C(C)(C)C)cc5)ccc4N(c4ccc(C(C)(C)C)cc4)c4cc(-c5nc(-c6ccccc6)cc(-c6ccccc6)n5)cc(c42)N3c2ccc(C(C)(C)C)cc2)cc1. The molecular weight excluding hydrogens is 956 g/mol. The number of anilines is 6. The molecule has 5 heteroatoms. The fraction of sp³-hybridized carbons (Fsp3) is 0.216. The summed E-state index contributed by atoms with van der Waals surface area (Å²) in [5.74, 6) is 0.668. The Hall–Kier alpha value is -8.28. The van der Waals surface area contributed by atoms with Gasteiger partial charge in [0.2, 0.25) is 0 Å². The number of nitrogens with zero attached hydrogens (tertiary/aromatic N) is 4. The molecular formula is C74H71BN4. The van der Waals surface area contributed by atoms with Gasteiger partial charge in [0, 0.05) is 50.8 Å². The van der Waals surface area contributed by atoms with Gasteiger partial charge in [-0.3, -0.25) is 0 Å². The van der Waals surface area contributed by atoms with Gasteiger partial charge in [0.15, 0.2) is 5.82 Å². The van der Waals surface area contributed by atoms with Crippen molar-refractivity contribution >= 4 is 57.2 Å². The van der Waals surface area contributed by atoms with E-state index in [1.54, 1.807) is 0 Å². The van der Waals surface area contributed by atoms with Crippen molar-refractivity contribution in [2.75, 3.05) is 9.80 Å². The van der Waals surface area contributed by atoms with Crippen molar-refractivity contribution in [1.29, 1.82) is 0 Å². The molecule has 79 heavy (non-hydrogen) atoms. The van der Waals surface area contributed by atoms with Crippen LogP contribution >= 0.6 is 0 Å². The Labute approximate surface area is 470 Å². The Balaban J connectivity index is 1.18. The van der Waals surface area contributed by atoms with Gasteiger partial charge in [0.25, 0.3) is 6.71 Å². The second-order valence-corrected chi connectivity index (χ2v) is 26.0. The number of benzene rings is 9. The van der Waals surface area contributed by atoms with Crippen LogP contribution in [-0.2, 0) is 21.7 Å². The van der Waals surface area contributed by atoms with Gasteiger partial charge < -0.3 is 9.80 Å². The number of hydrogen-bond acceptors (Lipinski definition) is 4. The molecule has 4 nitrogen and oxygen atoms in total. The molecule has 0 radical (unpaired) electrons. The molecule has 12 rings (SSSR count). The zero-order valence-corrected chi connectivity index (χ0v) is 48.1. The lowest BCUT2D eigenvalue weighted by Crippen LogP contribution is -2.61. The minimum Gasteiger partial charge on any atom is -0.311 e. The van der Waals surface area contributed by atoms with Crippen molar-refractivity contribution in [3.05, 3.63) is 235 Å². The van der Waals surface area contributed by atoms with Crippen LogP contribution < -0.4 is 26.2 Å². The molecule has 9 aromatic carbocycles. The average molecular weight is 1030 g/mol. The van der Waals surface area contributed by atoms with Crippen molar-refractivity contribution in [2.24, 2.45) is 0 Å². The third kappa shape index (κ3) is 9.68. The Kier molecular flexibility index (Phi) is 12.6. The summed E-state index contributed by atoms with van der Waals surface area (Å²) in [6.07, 6.45) is 0. The molecule has 0 saturated carbocycles. The summed E-state index contributed by atoms with van der Waals surface area (Å²) >= 11 is 0. The van der Waals surface area contributed by atoms with E-state index >= 15 is 0 Å². The fourth-order valence-corrected chi connectivity index (χ4v) is 11.7. The van der Waals surface area contributed by atoms with Crippen LogP contribution in [-0.4, -0.2) is 16.7 Å². The van der Waals surface area contributed by atoms with Crippen LogP contribution in [0.15, 0.2) is 212 Å². The molecule has 1 aromatic heterocycles. The Morgan fingerprint density at radius 2 is 0.620 bits per heavy atom. The summed E-state index contributed by atoms with van der Waals surface area (Å²) < 4.78 is 0. The van der Waals surface area contributed by atoms with Crippen molar-refractivity contribution in [3.8, 4) is 56.2 Å². The summed E-state index contributed by atoms with van der Waals surface area (Å²) in [6.45, 7) is 27.3. The number of hydrogen-bond donors (Lipinski definition) is 0. The number of aromatic nitrogens is 2. The maximum Gasteiger partial charge on any atom is 0.252 e. The zero-order chi connectivity index (χ0) is 55.2. The number of fused-ring (bicyclic) bond motifs is 4. The summed E-state index contributed by atoms with van der Waals surface area (Å²) in [7, 11) is 0. The van der Waals surface area contributed by atoms with Crippen LogP contribution in [0.3, 0.4) is 0 Å². The Morgan fingerprint density at radius 3 is 0.962 bits per heavy atom. The summed E-state index contributed by atoms with van der Waals surface area (Å²) in [4.78, 5) is 16.1. The maximum absolute atomic E-state index is 5.51. The molecule has 3 heterocycles. The lowest BCUT2D eigenvalue weighted by molar-refractivity contribution is 0.590. The highest BCUT2D eigenvalue weighted by molar-refractivity contribution is 7.00. The third-order valence-corrected chi connectivity index (χ3v) is 16.3. The van der Waals surface area contributed by atoms with Crippen LogP contribution in [0.2, 0.25) is 0 Å². The molecule has 0 aliphatic carbocycles. The van der Waals surface area contributed by atoms with Crippen molar-refractivity contribution in [2.45, 2.75) is 105 Å². The second kappa shape index (κ2) is 19.3. The highest BCUT2D eigenvalue weighted by atomic mass is 15.2. The van der Waals surface area contributed by atoms with Crippen LogP contribution in [0.4, 0.5) is 34.1 Å². The predicted octanol–water partition coefficient (Wildman–Crippen LogP) is 18.1.